The minimum absolute atomic E-state index is 1.27. The van der Waals surface area contributed by atoms with Crippen LogP contribution in [0.5, 0.6) is 0 Å². The van der Waals surface area contributed by atoms with Gasteiger partial charge in [-0.2, -0.15) is 0 Å². The molecule has 0 bridgehead atoms. The van der Waals surface area contributed by atoms with Crippen LogP contribution >= 0.6 is 0 Å². The van der Waals surface area contributed by atoms with E-state index in [1.807, 2.05) is 0 Å². The average Bonchev–Trinajstić information content (AvgIpc) is 2.37. The summed E-state index contributed by atoms with van der Waals surface area (Å²) in [6.45, 7) is 4.55. The summed E-state index contributed by atoms with van der Waals surface area (Å²) in [5.74, 6) is 0. The summed E-state index contributed by atoms with van der Waals surface area (Å²) in [4.78, 5) is 0. The fraction of sp³-hybridized carbons (Fsp3) is 0.647. The molecule has 1 rings (SSSR count). The molecule has 0 aliphatic rings. The zero-order valence-corrected chi connectivity index (χ0v) is 11.7. The lowest BCUT2D eigenvalue weighted by molar-refractivity contribution is 0.630. The Morgan fingerprint density at radius 3 is 1.76 bits per heavy atom. The van der Waals surface area contributed by atoms with Crippen molar-refractivity contribution in [3.05, 3.63) is 35.4 Å². The lowest BCUT2D eigenvalue weighted by Crippen LogP contribution is -1.94. The molecule has 0 heteroatoms. The third-order valence-corrected chi connectivity index (χ3v) is 3.47. The number of aryl methyl sites for hydroxylation is 2. The third kappa shape index (κ3) is 5.91. The van der Waals surface area contributed by atoms with Gasteiger partial charge in [0.25, 0.3) is 0 Å². The lowest BCUT2D eigenvalue weighted by Gasteiger charge is -2.08. The number of hydrogen-bond acceptors (Lipinski definition) is 0. The molecule has 17 heavy (non-hydrogen) atoms. The minimum atomic E-state index is 1.27. The van der Waals surface area contributed by atoms with Crippen molar-refractivity contribution in [2.24, 2.45) is 0 Å². The second-order valence-corrected chi connectivity index (χ2v) is 5.04. The first-order chi connectivity index (χ1) is 8.38. The van der Waals surface area contributed by atoms with E-state index in [4.69, 9.17) is 0 Å². The van der Waals surface area contributed by atoms with Crippen LogP contribution in [-0.2, 0) is 12.8 Å². The van der Waals surface area contributed by atoms with Crippen molar-refractivity contribution < 1.29 is 0 Å². The van der Waals surface area contributed by atoms with Gasteiger partial charge in [-0.25, -0.2) is 0 Å². The van der Waals surface area contributed by atoms with Crippen molar-refractivity contribution in [3.8, 4) is 0 Å². The molecule has 1 aromatic rings. The van der Waals surface area contributed by atoms with Crippen LogP contribution in [0.25, 0.3) is 0 Å². The topological polar surface area (TPSA) is 0 Å². The van der Waals surface area contributed by atoms with Gasteiger partial charge in [-0.15, -0.1) is 0 Å². The molecule has 0 heterocycles. The highest BCUT2D eigenvalue weighted by Gasteiger charge is 2.01. The van der Waals surface area contributed by atoms with Crippen molar-refractivity contribution in [2.45, 2.75) is 71.6 Å². The van der Waals surface area contributed by atoms with Gasteiger partial charge in [-0.3, -0.25) is 0 Å². The molecule has 0 unspecified atom stereocenters. The average molecular weight is 232 g/mol. The molecule has 0 atom stereocenters. The fourth-order valence-electron chi connectivity index (χ4n) is 2.33. The summed E-state index contributed by atoms with van der Waals surface area (Å²) < 4.78 is 0. The predicted molar refractivity (Wildman–Crippen MR) is 77.5 cm³/mol. The van der Waals surface area contributed by atoms with Crippen LogP contribution in [-0.4, -0.2) is 0 Å². The predicted octanol–water partition coefficient (Wildman–Crippen LogP) is 5.54. The maximum Gasteiger partial charge on any atom is -0.0276 e. The first kappa shape index (κ1) is 14.3. The van der Waals surface area contributed by atoms with Gasteiger partial charge in [0, 0.05) is 0 Å². The van der Waals surface area contributed by atoms with Crippen LogP contribution in [0.4, 0.5) is 0 Å². The van der Waals surface area contributed by atoms with Gasteiger partial charge in [0.05, 0.1) is 0 Å². The Kier molecular flexibility index (Phi) is 7.79. The molecule has 0 amide bonds. The Labute approximate surface area is 107 Å². The SMILES string of the molecule is CCCCCCCc1ccccc1CCCC. The maximum absolute atomic E-state index is 2.32. The van der Waals surface area contributed by atoms with Gasteiger partial charge >= 0.3 is 0 Å². The van der Waals surface area contributed by atoms with E-state index in [-0.39, 0.29) is 0 Å². The number of benzene rings is 1. The molecule has 96 valence electrons. The summed E-state index contributed by atoms with van der Waals surface area (Å²) in [5.41, 5.74) is 3.18. The van der Waals surface area contributed by atoms with Gasteiger partial charge in [0.15, 0.2) is 0 Å². The summed E-state index contributed by atoms with van der Waals surface area (Å²) in [6, 6.07) is 9.02. The second kappa shape index (κ2) is 9.27. The van der Waals surface area contributed by atoms with Crippen molar-refractivity contribution >= 4 is 0 Å². The van der Waals surface area contributed by atoms with Crippen LogP contribution in [0.15, 0.2) is 24.3 Å². The highest BCUT2D eigenvalue weighted by Crippen LogP contribution is 2.15. The molecule has 0 aromatic heterocycles. The zero-order valence-electron chi connectivity index (χ0n) is 11.7. The molecule has 0 aliphatic carbocycles. The van der Waals surface area contributed by atoms with Gasteiger partial charge in [-0.1, -0.05) is 70.2 Å². The molecule has 0 N–H and O–H groups in total. The molecular formula is C17H28. The Hall–Kier alpha value is -0.780. The molecule has 1 aromatic carbocycles. The number of unbranched alkanes of at least 4 members (excludes halogenated alkanes) is 5. The third-order valence-electron chi connectivity index (χ3n) is 3.47. The van der Waals surface area contributed by atoms with E-state index in [0.29, 0.717) is 0 Å². The Bertz CT molecular complexity index is 288. The van der Waals surface area contributed by atoms with E-state index >= 15 is 0 Å². The Morgan fingerprint density at radius 2 is 1.18 bits per heavy atom. The van der Waals surface area contributed by atoms with Crippen molar-refractivity contribution in [1.82, 2.24) is 0 Å². The van der Waals surface area contributed by atoms with Crippen LogP contribution < -0.4 is 0 Å². The second-order valence-electron chi connectivity index (χ2n) is 5.04. The molecule has 0 saturated heterocycles. The summed E-state index contributed by atoms with van der Waals surface area (Å²) >= 11 is 0. The first-order valence-corrected chi connectivity index (χ1v) is 7.45. The Balaban J connectivity index is 2.35. The van der Waals surface area contributed by atoms with Crippen molar-refractivity contribution in [1.29, 1.82) is 0 Å². The normalized spacial score (nSPS) is 10.7. The van der Waals surface area contributed by atoms with Gasteiger partial charge < -0.3 is 0 Å². The summed E-state index contributed by atoms with van der Waals surface area (Å²) in [5, 5.41) is 0. The van der Waals surface area contributed by atoms with Gasteiger partial charge in [-0.05, 0) is 36.8 Å². The molecule has 0 saturated carbocycles. The maximum atomic E-state index is 2.32. The smallest absolute Gasteiger partial charge is 0.0276 e. The van der Waals surface area contributed by atoms with E-state index in [1.54, 1.807) is 11.1 Å². The summed E-state index contributed by atoms with van der Waals surface area (Å²) in [6.07, 6.45) is 12.1. The van der Waals surface area contributed by atoms with E-state index < -0.39 is 0 Å². The van der Waals surface area contributed by atoms with Crippen molar-refractivity contribution in [3.63, 3.8) is 0 Å². The highest BCUT2D eigenvalue weighted by molar-refractivity contribution is 5.27. The molecular weight excluding hydrogens is 204 g/mol. The zero-order chi connectivity index (χ0) is 12.3. The number of rotatable bonds is 9. The molecule has 0 nitrogen and oxygen atoms in total. The van der Waals surface area contributed by atoms with E-state index in [9.17, 15) is 0 Å². The summed E-state index contributed by atoms with van der Waals surface area (Å²) in [7, 11) is 0. The molecule has 0 fully saturated rings. The van der Waals surface area contributed by atoms with Crippen LogP contribution in [0.3, 0.4) is 0 Å². The number of hydrogen-bond donors (Lipinski definition) is 0. The van der Waals surface area contributed by atoms with Crippen molar-refractivity contribution in [2.75, 3.05) is 0 Å². The minimum Gasteiger partial charge on any atom is -0.0654 e. The van der Waals surface area contributed by atoms with Crippen LogP contribution in [0.1, 0.15) is 69.9 Å². The first-order valence-electron chi connectivity index (χ1n) is 7.45. The van der Waals surface area contributed by atoms with Crippen LogP contribution in [0, 0.1) is 0 Å². The standard InChI is InChI=1S/C17H28/c1-3-5-7-8-9-13-17-15-11-10-14-16(17)12-6-4-2/h10-11,14-15H,3-9,12-13H2,1-2H3. The lowest BCUT2D eigenvalue weighted by atomic mass is 9.97. The highest BCUT2D eigenvalue weighted by atomic mass is 14.1. The molecule has 0 spiro atoms. The molecule has 0 aliphatic heterocycles. The van der Waals surface area contributed by atoms with E-state index in [0.717, 1.165) is 0 Å². The van der Waals surface area contributed by atoms with E-state index in [1.165, 1.54) is 57.8 Å². The van der Waals surface area contributed by atoms with Crippen LogP contribution in [0.2, 0.25) is 0 Å². The monoisotopic (exact) mass is 232 g/mol. The fourth-order valence-corrected chi connectivity index (χ4v) is 2.33. The molecule has 0 radical (unpaired) electrons. The van der Waals surface area contributed by atoms with Gasteiger partial charge in [0.1, 0.15) is 0 Å². The van der Waals surface area contributed by atoms with E-state index in [2.05, 4.69) is 38.1 Å². The quantitative estimate of drug-likeness (QED) is 0.490. The Morgan fingerprint density at radius 1 is 0.647 bits per heavy atom. The van der Waals surface area contributed by atoms with Gasteiger partial charge in [0.2, 0.25) is 0 Å². The largest absolute Gasteiger partial charge is 0.0654 e.